The van der Waals surface area contributed by atoms with Crippen molar-refractivity contribution in [2.75, 3.05) is 6.54 Å². The predicted molar refractivity (Wildman–Crippen MR) is 45.2 cm³/mol. The highest BCUT2D eigenvalue weighted by Crippen LogP contribution is 2.47. The molecule has 0 amide bonds. The smallest absolute Gasteiger partial charge is 0.00375 e. The van der Waals surface area contributed by atoms with E-state index >= 15 is 0 Å². The molecule has 0 atom stereocenters. The molecule has 0 aromatic carbocycles. The summed E-state index contributed by atoms with van der Waals surface area (Å²) in [6.07, 6.45) is 7.83. The van der Waals surface area contributed by atoms with Crippen LogP contribution in [-0.4, -0.2) is 11.5 Å². The quantitative estimate of drug-likeness (QED) is 0.670. The highest BCUT2D eigenvalue weighted by atomic mass is 14.7. The van der Waals surface area contributed by atoms with Gasteiger partial charge < -0.3 is 10.7 Å². The second-order valence-electron chi connectivity index (χ2n) is 3.60. The molecule has 1 aromatic rings. The molecule has 1 fully saturated rings. The van der Waals surface area contributed by atoms with Gasteiger partial charge in [0.1, 0.15) is 0 Å². The van der Waals surface area contributed by atoms with Crippen LogP contribution >= 0.6 is 0 Å². The van der Waals surface area contributed by atoms with Crippen molar-refractivity contribution in [3.63, 3.8) is 0 Å². The Hall–Kier alpha value is -0.760. The molecule has 1 saturated carbocycles. The second kappa shape index (κ2) is 2.38. The van der Waals surface area contributed by atoms with Crippen molar-refractivity contribution in [2.24, 2.45) is 11.1 Å². The highest BCUT2D eigenvalue weighted by molar-refractivity contribution is 5.14. The lowest BCUT2D eigenvalue weighted by Crippen LogP contribution is -2.17. The van der Waals surface area contributed by atoms with Crippen LogP contribution in [0.5, 0.6) is 0 Å². The summed E-state index contributed by atoms with van der Waals surface area (Å²) < 4.78 is 0. The topological polar surface area (TPSA) is 41.8 Å². The number of nitrogens with two attached hydrogens (primary N) is 1. The van der Waals surface area contributed by atoms with Gasteiger partial charge in [-0.2, -0.15) is 0 Å². The van der Waals surface area contributed by atoms with Gasteiger partial charge in [0.25, 0.3) is 0 Å². The van der Waals surface area contributed by atoms with Crippen molar-refractivity contribution in [3.05, 3.63) is 24.0 Å². The zero-order valence-electron chi connectivity index (χ0n) is 6.64. The van der Waals surface area contributed by atoms with Crippen LogP contribution in [0.4, 0.5) is 0 Å². The minimum Gasteiger partial charge on any atom is -0.367 e. The second-order valence-corrected chi connectivity index (χ2v) is 3.60. The van der Waals surface area contributed by atoms with Gasteiger partial charge in [0.2, 0.25) is 0 Å². The van der Waals surface area contributed by atoms with E-state index in [-0.39, 0.29) is 0 Å². The van der Waals surface area contributed by atoms with E-state index in [4.69, 9.17) is 5.73 Å². The largest absolute Gasteiger partial charge is 0.367 e. The molecule has 2 nitrogen and oxygen atoms in total. The fraction of sp³-hybridized carbons (Fsp3) is 0.556. The summed E-state index contributed by atoms with van der Waals surface area (Å²) >= 11 is 0. The first-order valence-corrected chi connectivity index (χ1v) is 4.16. The Morgan fingerprint density at radius 1 is 1.55 bits per heavy atom. The molecular weight excluding hydrogens is 136 g/mol. The van der Waals surface area contributed by atoms with Crippen LogP contribution in [0.1, 0.15) is 18.4 Å². The molecule has 1 aromatic heterocycles. The molecule has 0 bridgehead atoms. The van der Waals surface area contributed by atoms with E-state index in [1.165, 1.54) is 18.4 Å². The number of nitrogens with one attached hydrogen (secondary N) is 1. The lowest BCUT2D eigenvalue weighted by atomic mass is 9.99. The summed E-state index contributed by atoms with van der Waals surface area (Å²) in [6.45, 7) is 0.845. The van der Waals surface area contributed by atoms with Crippen LogP contribution in [0, 0.1) is 5.41 Å². The maximum Gasteiger partial charge on any atom is 0.00375 e. The first-order valence-electron chi connectivity index (χ1n) is 4.16. The molecule has 0 saturated heterocycles. The van der Waals surface area contributed by atoms with Crippen LogP contribution in [0.3, 0.4) is 0 Å². The molecular formula is C9H14N2. The van der Waals surface area contributed by atoms with E-state index in [1.807, 2.05) is 6.20 Å². The number of hydrogen-bond donors (Lipinski definition) is 2. The Balaban J connectivity index is 2.01. The molecule has 1 heterocycles. The Morgan fingerprint density at radius 2 is 2.36 bits per heavy atom. The van der Waals surface area contributed by atoms with Crippen molar-refractivity contribution in [1.29, 1.82) is 0 Å². The van der Waals surface area contributed by atoms with Gasteiger partial charge in [-0.15, -0.1) is 0 Å². The van der Waals surface area contributed by atoms with Crippen molar-refractivity contribution in [2.45, 2.75) is 19.3 Å². The predicted octanol–water partition coefficient (Wildman–Crippen LogP) is 1.30. The molecule has 1 aliphatic carbocycles. The van der Waals surface area contributed by atoms with Crippen molar-refractivity contribution < 1.29 is 0 Å². The summed E-state index contributed by atoms with van der Waals surface area (Å²) in [7, 11) is 0. The third-order valence-corrected chi connectivity index (χ3v) is 2.63. The zero-order chi connectivity index (χ0) is 7.73. The minimum atomic E-state index is 0.474. The monoisotopic (exact) mass is 150 g/mol. The average Bonchev–Trinajstić information content (AvgIpc) is 2.59. The maximum atomic E-state index is 5.68. The Morgan fingerprint density at radius 3 is 2.82 bits per heavy atom. The zero-order valence-corrected chi connectivity index (χ0v) is 6.64. The van der Waals surface area contributed by atoms with Crippen LogP contribution in [0.15, 0.2) is 18.5 Å². The van der Waals surface area contributed by atoms with E-state index in [1.54, 1.807) is 0 Å². The number of hydrogen-bond acceptors (Lipinski definition) is 1. The standard InChI is InChI=1S/C9H14N2/c10-7-9(2-3-9)5-8-1-4-11-6-8/h1,4,6,11H,2-3,5,7,10H2. The molecule has 11 heavy (non-hydrogen) atoms. The van der Waals surface area contributed by atoms with E-state index in [9.17, 15) is 0 Å². The van der Waals surface area contributed by atoms with Crippen molar-refractivity contribution in [1.82, 2.24) is 4.98 Å². The molecule has 0 radical (unpaired) electrons. The van der Waals surface area contributed by atoms with Crippen LogP contribution in [0.25, 0.3) is 0 Å². The van der Waals surface area contributed by atoms with Crippen LogP contribution in [-0.2, 0) is 6.42 Å². The van der Waals surface area contributed by atoms with E-state index in [2.05, 4.69) is 17.2 Å². The van der Waals surface area contributed by atoms with E-state index < -0.39 is 0 Å². The van der Waals surface area contributed by atoms with Crippen LogP contribution < -0.4 is 5.73 Å². The average molecular weight is 150 g/mol. The highest BCUT2D eigenvalue weighted by Gasteiger charge is 2.40. The Bertz CT molecular complexity index is 222. The third kappa shape index (κ3) is 1.31. The van der Waals surface area contributed by atoms with Gasteiger partial charge in [0, 0.05) is 12.4 Å². The van der Waals surface area contributed by atoms with Crippen LogP contribution in [0.2, 0.25) is 0 Å². The lowest BCUT2D eigenvalue weighted by molar-refractivity contribution is 0.521. The molecule has 1 aliphatic rings. The molecule has 60 valence electrons. The molecule has 0 unspecified atom stereocenters. The van der Waals surface area contributed by atoms with Gasteiger partial charge >= 0.3 is 0 Å². The van der Waals surface area contributed by atoms with Gasteiger partial charge in [-0.25, -0.2) is 0 Å². The number of aromatic amines is 1. The van der Waals surface area contributed by atoms with Gasteiger partial charge in [-0.05, 0) is 42.9 Å². The van der Waals surface area contributed by atoms with Gasteiger partial charge in [0.15, 0.2) is 0 Å². The fourth-order valence-electron chi connectivity index (χ4n) is 1.53. The van der Waals surface area contributed by atoms with Gasteiger partial charge in [-0.3, -0.25) is 0 Å². The van der Waals surface area contributed by atoms with Crippen molar-refractivity contribution in [3.8, 4) is 0 Å². The van der Waals surface area contributed by atoms with Crippen molar-refractivity contribution >= 4 is 0 Å². The lowest BCUT2D eigenvalue weighted by Gasteiger charge is -2.09. The molecule has 2 rings (SSSR count). The SMILES string of the molecule is NCC1(Cc2cc[nH]c2)CC1. The Kier molecular flexibility index (Phi) is 1.50. The summed E-state index contributed by atoms with van der Waals surface area (Å²) in [5.74, 6) is 0. The first-order chi connectivity index (χ1) is 5.35. The third-order valence-electron chi connectivity index (χ3n) is 2.63. The Labute approximate surface area is 66.8 Å². The number of H-pyrrole nitrogens is 1. The summed E-state index contributed by atoms with van der Waals surface area (Å²) in [6, 6.07) is 2.13. The molecule has 0 aliphatic heterocycles. The molecule has 3 N–H and O–H groups in total. The van der Waals surface area contributed by atoms with E-state index in [0.717, 1.165) is 13.0 Å². The number of rotatable bonds is 3. The molecule has 2 heteroatoms. The molecule has 0 spiro atoms. The normalized spacial score (nSPS) is 20.1. The summed E-state index contributed by atoms with van der Waals surface area (Å²) in [4.78, 5) is 3.06. The maximum absolute atomic E-state index is 5.68. The van der Waals surface area contributed by atoms with Gasteiger partial charge in [-0.1, -0.05) is 0 Å². The fourth-order valence-corrected chi connectivity index (χ4v) is 1.53. The summed E-state index contributed by atoms with van der Waals surface area (Å²) in [5, 5.41) is 0. The van der Waals surface area contributed by atoms with E-state index in [0.29, 0.717) is 5.41 Å². The first kappa shape index (κ1) is 6.92. The number of aromatic nitrogens is 1. The summed E-state index contributed by atoms with van der Waals surface area (Å²) in [5.41, 5.74) is 7.55. The van der Waals surface area contributed by atoms with Gasteiger partial charge in [0.05, 0.1) is 0 Å². The minimum absolute atomic E-state index is 0.474.